The summed E-state index contributed by atoms with van der Waals surface area (Å²) in [5.74, 6) is -1.06. The minimum Gasteiger partial charge on any atom is -0.461 e. The lowest BCUT2D eigenvalue weighted by Crippen LogP contribution is -2.43. The third-order valence-corrected chi connectivity index (χ3v) is 8.63. The molecule has 0 bridgehead atoms. The highest BCUT2D eigenvalue weighted by atomic mass is 127. The summed E-state index contributed by atoms with van der Waals surface area (Å²) in [5, 5.41) is 0.982. The predicted molar refractivity (Wildman–Crippen MR) is 140 cm³/mol. The zero-order valence-corrected chi connectivity index (χ0v) is 20.6. The third kappa shape index (κ3) is 4.07. The largest absolute Gasteiger partial charge is 0.461 e. The average molecular weight is 562 g/mol. The van der Waals surface area contributed by atoms with Crippen molar-refractivity contribution in [3.8, 4) is 0 Å². The molecule has 0 N–H and O–H groups in total. The van der Waals surface area contributed by atoms with Crippen LogP contribution in [0.5, 0.6) is 0 Å². The van der Waals surface area contributed by atoms with Crippen molar-refractivity contribution in [2.45, 2.75) is 38.1 Å². The van der Waals surface area contributed by atoms with E-state index in [-0.39, 0.29) is 23.0 Å². The van der Waals surface area contributed by atoms with Crippen LogP contribution in [-0.2, 0) is 4.74 Å². The van der Waals surface area contributed by atoms with Gasteiger partial charge in [-0.25, -0.2) is 8.78 Å². The van der Waals surface area contributed by atoms with Crippen molar-refractivity contribution >= 4 is 59.4 Å². The number of fused-ring (bicyclic) bond motifs is 2. The Morgan fingerprint density at radius 3 is 2.67 bits per heavy atom. The molecule has 2 saturated heterocycles. The zero-order chi connectivity index (χ0) is 23.0. The molecule has 5 rings (SSSR count). The molecule has 33 heavy (non-hydrogen) atoms. The number of halogens is 3. The molecular weight excluding hydrogens is 537 g/mol. The molecule has 5 nitrogen and oxygen atoms in total. The number of ether oxygens (including phenoxy) is 1. The van der Waals surface area contributed by atoms with Gasteiger partial charge in [-0.1, -0.05) is 30.3 Å². The van der Waals surface area contributed by atoms with Crippen LogP contribution in [0.15, 0.2) is 55.4 Å². The summed E-state index contributed by atoms with van der Waals surface area (Å²) in [7, 11) is 0. The first-order valence-electron chi connectivity index (χ1n) is 11.1. The first-order valence-corrected chi connectivity index (χ1v) is 13.1. The van der Waals surface area contributed by atoms with Gasteiger partial charge in [-0.3, -0.25) is 9.89 Å². The van der Waals surface area contributed by atoms with Gasteiger partial charge in [0.25, 0.3) is 0 Å². The Balaban J connectivity index is 1.48. The fourth-order valence-corrected chi connectivity index (χ4v) is 6.53. The molecule has 0 unspecified atom stereocenters. The normalized spacial score (nSPS) is 20.9. The molecule has 3 heterocycles. The van der Waals surface area contributed by atoms with Gasteiger partial charge in [-0.05, 0) is 63.9 Å². The van der Waals surface area contributed by atoms with Gasteiger partial charge in [0.1, 0.15) is 23.8 Å². The Morgan fingerprint density at radius 2 is 1.94 bits per heavy atom. The first-order chi connectivity index (χ1) is 16.0. The minimum absolute atomic E-state index is 0.0228. The molecule has 172 valence electrons. The standard InChI is InChI=1S/C25H25F2IN4O/c1-16-22(30-24(31-28-16)33-15-25-11-5-13-32(25)14-6-12-25)21(27)23(29-2)18-9-3-7-17-8-4-10-19(26)20(17)18/h3-4,7-10H,2,5-6,11-15H2,1H3/b23-21+. The summed E-state index contributed by atoms with van der Waals surface area (Å²) < 4.78 is 41.8. The summed E-state index contributed by atoms with van der Waals surface area (Å²) in [6.07, 6.45) is 4.58. The highest BCUT2D eigenvalue weighted by Gasteiger charge is 2.45. The smallest absolute Gasteiger partial charge is 0.322 e. The molecule has 0 spiro atoms. The number of amidine groups is 1. The van der Waals surface area contributed by atoms with E-state index in [2.05, 4.69) is 24.8 Å². The third-order valence-electron chi connectivity index (χ3n) is 6.74. The number of nitrogens with zero attached hydrogens (tertiary/aromatic N) is 4. The Hall–Kier alpha value is -2.33. The number of aliphatic imine (C=N–C) groups is 2. The SMILES string of the molecule is C=N/C(=C(/F)C1=NC(OCC23CCCN2CCC3)=NI=C1C)c1cccc2cccc(F)c12. The lowest BCUT2D eigenvalue weighted by atomic mass is 9.95. The molecule has 0 aromatic heterocycles. The van der Waals surface area contributed by atoms with E-state index < -0.39 is 32.6 Å². The van der Waals surface area contributed by atoms with Crippen LogP contribution in [-0.4, -0.2) is 52.1 Å². The maximum absolute atomic E-state index is 15.8. The Morgan fingerprint density at radius 1 is 1.21 bits per heavy atom. The van der Waals surface area contributed by atoms with Gasteiger partial charge in [0.15, 0.2) is 5.83 Å². The average Bonchev–Trinajstić information content (AvgIpc) is 3.39. The Kier molecular flexibility index (Phi) is 6.22. The molecule has 2 aromatic rings. The van der Waals surface area contributed by atoms with E-state index in [4.69, 9.17) is 4.74 Å². The van der Waals surface area contributed by atoms with Crippen LogP contribution >= 0.6 is 21.0 Å². The van der Waals surface area contributed by atoms with Gasteiger partial charge in [0, 0.05) is 35.5 Å². The molecule has 0 saturated carbocycles. The number of rotatable bonds is 5. The summed E-state index contributed by atoms with van der Waals surface area (Å²) in [5.41, 5.74) is 0.569. The van der Waals surface area contributed by atoms with E-state index in [1.807, 2.05) is 6.92 Å². The van der Waals surface area contributed by atoms with Gasteiger partial charge < -0.3 is 4.74 Å². The second kappa shape index (κ2) is 9.13. The van der Waals surface area contributed by atoms with Gasteiger partial charge in [0.05, 0.1) is 5.54 Å². The second-order valence-electron chi connectivity index (χ2n) is 8.62. The van der Waals surface area contributed by atoms with Crippen LogP contribution in [0.4, 0.5) is 8.78 Å². The molecule has 8 heteroatoms. The van der Waals surface area contributed by atoms with Crippen LogP contribution in [0, 0.1) is 5.82 Å². The number of allylic oxidation sites excluding steroid dienone is 1. The van der Waals surface area contributed by atoms with E-state index in [1.165, 1.54) is 18.9 Å². The monoisotopic (exact) mass is 562 g/mol. The van der Waals surface area contributed by atoms with Crippen molar-refractivity contribution in [1.29, 1.82) is 0 Å². The van der Waals surface area contributed by atoms with Gasteiger partial charge in [-0.15, -0.1) is 0 Å². The van der Waals surface area contributed by atoms with Crippen molar-refractivity contribution in [2.24, 2.45) is 13.2 Å². The van der Waals surface area contributed by atoms with Crippen molar-refractivity contribution in [1.82, 2.24) is 4.90 Å². The number of benzene rings is 2. The topological polar surface area (TPSA) is 49.6 Å². The fourth-order valence-electron chi connectivity index (χ4n) is 5.13. The van der Waals surface area contributed by atoms with E-state index in [0.717, 1.165) is 29.4 Å². The predicted octanol–water partition coefficient (Wildman–Crippen LogP) is 5.85. The second-order valence-corrected chi connectivity index (χ2v) is 11.2. The molecule has 2 fully saturated rings. The van der Waals surface area contributed by atoms with Crippen molar-refractivity contribution in [3.63, 3.8) is 0 Å². The molecule has 0 radical (unpaired) electrons. The molecule has 0 aliphatic carbocycles. The quantitative estimate of drug-likeness (QED) is 0.339. The van der Waals surface area contributed by atoms with Crippen LogP contribution < -0.4 is 0 Å². The molecule has 0 amide bonds. The van der Waals surface area contributed by atoms with E-state index in [9.17, 15) is 4.39 Å². The first kappa shape index (κ1) is 22.5. The van der Waals surface area contributed by atoms with E-state index in [0.29, 0.717) is 22.9 Å². The number of hydrogen-bond donors (Lipinski definition) is 0. The van der Waals surface area contributed by atoms with Gasteiger partial charge >= 0.3 is 6.02 Å². The maximum atomic E-state index is 15.8. The van der Waals surface area contributed by atoms with Crippen molar-refractivity contribution < 1.29 is 13.5 Å². The molecular formula is C25H25F2IN4O. The lowest BCUT2D eigenvalue weighted by molar-refractivity contribution is 0.106. The molecule has 0 atom stereocenters. The van der Waals surface area contributed by atoms with Gasteiger partial charge in [0.2, 0.25) is 0 Å². The zero-order valence-electron chi connectivity index (χ0n) is 18.5. The highest BCUT2D eigenvalue weighted by molar-refractivity contribution is 14.2. The van der Waals surface area contributed by atoms with Crippen LogP contribution in [0.25, 0.3) is 16.5 Å². The maximum Gasteiger partial charge on any atom is 0.322 e. The van der Waals surface area contributed by atoms with Crippen molar-refractivity contribution in [2.75, 3.05) is 19.7 Å². The number of hydrogen-bond acceptors (Lipinski definition) is 5. The van der Waals surface area contributed by atoms with Gasteiger partial charge in [-0.2, -0.15) is 8.20 Å². The Labute approximate surface area is 202 Å². The summed E-state index contributed by atoms with van der Waals surface area (Å²) in [4.78, 5) is 10.9. The lowest BCUT2D eigenvalue weighted by Gasteiger charge is -2.31. The van der Waals surface area contributed by atoms with Crippen LogP contribution in [0.2, 0.25) is 0 Å². The van der Waals surface area contributed by atoms with Crippen molar-refractivity contribution in [3.05, 3.63) is 53.6 Å². The van der Waals surface area contributed by atoms with Crippen LogP contribution in [0.1, 0.15) is 38.2 Å². The van der Waals surface area contributed by atoms with E-state index in [1.54, 1.807) is 30.3 Å². The summed E-state index contributed by atoms with van der Waals surface area (Å²) in [6, 6.07) is 10.2. The fraction of sp³-hybridized carbons (Fsp3) is 0.360. The summed E-state index contributed by atoms with van der Waals surface area (Å²) in [6.45, 7) is 8.13. The summed E-state index contributed by atoms with van der Waals surface area (Å²) >= 11 is -0.822. The molecule has 3 aliphatic heterocycles. The molecule has 3 aliphatic rings. The van der Waals surface area contributed by atoms with E-state index >= 15 is 4.39 Å². The molecule has 2 aromatic carbocycles. The highest BCUT2D eigenvalue weighted by Crippen LogP contribution is 2.39. The minimum atomic E-state index is -0.822. The van der Waals surface area contributed by atoms with Crippen LogP contribution in [0.3, 0.4) is 0 Å². The Bertz CT molecular complexity index is 1230.